The Morgan fingerprint density at radius 2 is 1.93 bits per heavy atom. The number of halogens is 3. The first kappa shape index (κ1) is 13.8. The lowest BCUT2D eigenvalue weighted by atomic mass is 10.6. The van der Waals surface area contributed by atoms with Gasteiger partial charge in [0.15, 0.2) is 0 Å². The highest BCUT2D eigenvalue weighted by Gasteiger charge is 2.47. The first-order chi connectivity index (χ1) is 6.70. The third kappa shape index (κ3) is 4.68. The lowest BCUT2D eigenvalue weighted by Crippen LogP contribution is -2.23. The molecule has 0 amide bonds. The maximum atomic E-state index is 11.6. The van der Waals surface area contributed by atoms with E-state index in [4.69, 9.17) is 0 Å². The normalized spacial score (nSPS) is 12.8. The van der Waals surface area contributed by atoms with Gasteiger partial charge in [-0.25, -0.2) is 4.79 Å². The summed E-state index contributed by atoms with van der Waals surface area (Å²) in [5.74, 6) is -1.00. The second-order valence-corrected chi connectivity index (χ2v) is 3.61. The lowest BCUT2D eigenvalue weighted by Gasteiger charge is -2.05. The Bertz CT molecular complexity index is 342. The Hall–Kier alpha value is -1.25. The largest absolute Gasteiger partial charge is 0.534 e. The molecule has 15 heavy (non-hydrogen) atoms. The van der Waals surface area contributed by atoms with Crippen LogP contribution in [0.15, 0.2) is 12.3 Å². The Balaban J connectivity index is 4.35. The van der Waals surface area contributed by atoms with Gasteiger partial charge in [-0.1, -0.05) is 0 Å². The smallest absolute Gasteiger partial charge is 0.463 e. The van der Waals surface area contributed by atoms with Gasteiger partial charge in [-0.3, -0.25) is 0 Å². The van der Waals surface area contributed by atoms with Crippen molar-refractivity contribution in [3.8, 4) is 0 Å². The molecule has 0 saturated heterocycles. The number of alkyl halides is 3. The van der Waals surface area contributed by atoms with Gasteiger partial charge in [0.1, 0.15) is 6.26 Å². The maximum absolute atomic E-state index is 11.6. The van der Waals surface area contributed by atoms with Crippen LogP contribution < -0.4 is 0 Å². The highest BCUT2D eigenvalue weighted by molar-refractivity contribution is 7.87. The van der Waals surface area contributed by atoms with Crippen molar-refractivity contribution in [2.45, 2.75) is 12.4 Å². The number of ether oxygens (including phenoxy) is 1. The molecule has 9 heteroatoms. The molecule has 0 bridgehead atoms. The van der Waals surface area contributed by atoms with Crippen molar-refractivity contribution in [2.24, 2.45) is 0 Å². The molecule has 0 fully saturated rings. The third-order valence-corrected chi connectivity index (χ3v) is 1.89. The van der Waals surface area contributed by atoms with Gasteiger partial charge in [0.2, 0.25) is 0 Å². The van der Waals surface area contributed by atoms with Gasteiger partial charge in [0, 0.05) is 0 Å². The first-order valence-corrected chi connectivity index (χ1v) is 4.94. The van der Waals surface area contributed by atoms with Crippen LogP contribution in [0, 0.1) is 0 Å². The maximum Gasteiger partial charge on any atom is 0.534 e. The topological polar surface area (TPSA) is 69.7 Å². The van der Waals surface area contributed by atoms with E-state index in [0.29, 0.717) is 6.08 Å². The summed E-state index contributed by atoms with van der Waals surface area (Å²) < 4.78 is 63.0. The molecular formula is C6H7F3O5S. The fourth-order valence-electron chi connectivity index (χ4n) is 0.401. The van der Waals surface area contributed by atoms with Crippen LogP contribution in [-0.2, 0) is 23.8 Å². The van der Waals surface area contributed by atoms with Crippen molar-refractivity contribution in [3.63, 3.8) is 0 Å². The molecule has 88 valence electrons. The standard InChI is InChI=1S/C6H7F3O5S/c1-2-13-5(10)3-4-14-15(11,12)6(7,8)9/h3-4H,2H2,1H3/b4-3+. The van der Waals surface area contributed by atoms with E-state index in [1.165, 1.54) is 6.92 Å². The molecule has 0 aromatic carbocycles. The summed E-state index contributed by atoms with van der Waals surface area (Å²) >= 11 is 0. The number of esters is 1. The zero-order valence-corrected chi connectivity index (χ0v) is 8.26. The van der Waals surface area contributed by atoms with Gasteiger partial charge < -0.3 is 8.92 Å². The molecule has 0 aliphatic carbocycles. The highest BCUT2D eigenvalue weighted by Crippen LogP contribution is 2.24. The summed E-state index contributed by atoms with van der Waals surface area (Å²) in [5.41, 5.74) is -5.52. The zero-order valence-electron chi connectivity index (χ0n) is 7.45. The number of rotatable bonds is 4. The summed E-state index contributed by atoms with van der Waals surface area (Å²) in [6, 6.07) is 0. The summed E-state index contributed by atoms with van der Waals surface area (Å²) in [4.78, 5) is 10.5. The van der Waals surface area contributed by atoms with Crippen molar-refractivity contribution >= 4 is 16.1 Å². The molecule has 0 aliphatic rings. The van der Waals surface area contributed by atoms with Crippen LogP contribution in [0.5, 0.6) is 0 Å². The number of carbonyl (C=O) groups excluding carboxylic acids is 1. The number of hydrogen-bond donors (Lipinski definition) is 0. The highest BCUT2D eigenvalue weighted by atomic mass is 32.2. The molecule has 0 spiro atoms. The van der Waals surface area contributed by atoms with Gasteiger partial charge in [-0.15, -0.1) is 0 Å². The summed E-state index contributed by atoms with van der Waals surface area (Å²) in [6.45, 7) is 1.48. The van der Waals surface area contributed by atoms with E-state index < -0.39 is 21.6 Å². The summed E-state index contributed by atoms with van der Waals surface area (Å²) in [6.07, 6.45) is 0.521. The third-order valence-electron chi connectivity index (χ3n) is 0.956. The molecule has 0 unspecified atom stereocenters. The van der Waals surface area contributed by atoms with Crippen LogP contribution in [0.3, 0.4) is 0 Å². The fourth-order valence-corrected chi connectivity index (χ4v) is 0.712. The second-order valence-electron chi connectivity index (χ2n) is 2.05. The monoisotopic (exact) mass is 248 g/mol. The van der Waals surface area contributed by atoms with Gasteiger partial charge in [0.05, 0.1) is 12.7 Å². The Morgan fingerprint density at radius 3 is 2.33 bits per heavy atom. The van der Waals surface area contributed by atoms with E-state index in [9.17, 15) is 26.4 Å². The van der Waals surface area contributed by atoms with Crippen LogP contribution in [-0.4, -0.2) is 26.5 Å². The molecule has 5 nitrogen and oxygen atoms in total. The molecule has 0 aromatic rings. The van der Waals surface area contributed by atoms with E-state index in [1.807, 2.05) is 0 Å². The predicted molar refractivity (Wildman–Crippen MR) is 41.8 cm³/mol. The van der Waals surface area contributed by atoms with Crippen LogP contribution in [0.1, 0.15) is 6.92 Å². The van der Waals surface area contributed by atoms with Crippen molar-refractivity contribution in [3.05, 3.63) is 12.3 Å². The minimum atomic E-state index is -5.70. The molecule has 0 saturated carbocycles. The van der Waals surface area contributed by atoms with Crippen LogP contribution in [0.4, 0.5) is 13.2 Å². The number of hydrogen-bond acceptors (Lipinski definition) is 5. The van der Waals surface area contributed by atoms with E-state index in [2.05, 4.69) is 8.92 Å². The SMILES string of the molecule is CCOC(=O)/C=C/OS(=O)(=O)C(F)(F)F. The quantitative estimate of drug-likeness (QED) is 0.243. The Labute approximate surface area is 83.6 Å². The number of carbonyl (C=O) groups is 1. The van der Waals surface area contributed by atoms with Crippen molar-refractivity contribution in [1.29, 1.82) is 0 Å². The van der Waals surface area contributed by atoms with Gasteiger partial charge >= 0.3 is 21.6 Å². The molecule has 0 N–H and O–H groups in total. The predicted octanol–water partition coefficient (Wildman–Crippen LogP) is 0.929. The fraction of sp³-hybridized carbons (Fsp3) is 0.500. The zero-order chi connectivity index (χ0) is 12.1. The van der Waals surface area contributed by atoms with Crippen LogP contribution in [0.25, 0.3) is 0 Å². The molecule has 0 rings (SSSR count). The minimum Gasteiger partial charge on any atom is -0.463 e. The molecule has 0 heterocycles. The van der Waals surface area contributed by atoms with Gasteiger partial charge in [0.25, 0.3) is 0 Å². The summed E-state index contributed by atoms with van der Waals surface area (Å²) in [7, 11) is -5.70. The first-order valence-electron chi connectivity index (χ1n) is 3.53. The second kappa shape index (κ2) is 5.01. The Kier molecular flexibility index (Phi) is 4.59. The van der Waals surface area contributed by atoms with E-state index in [-0.39, 0.29) is 12.9 Å². The van der Waals surface area contributed by atoms with Gasteiger partial charge in [-0.2, -0.15) is 21.6 Å². The lowest BCUT2D eigenvalue weighted by molar-refractivity contribution is -0.137. The van der Waals surface area contributed by atoms with Crippen LogP contribution in [0.2, 0.25) is 0 Å². The Morgan fingerprint density at radius 1 is 1.40 bits per heavy atom. The van der Waals surface area contributed by atoms with Crippen molar-refractivity contribution < 1.29 is 35.3 Å². The minimum absolute atomic E-state index is 0.00912. The average molecular weight is 248 g/mol. The van der Waals surface area contributed by atoms with Crippen LogP contribution >= 0.6 is 0 Å². The van der Waals surface area contributed by atoms with E-state index in [1.54, 1.807) is 0 Å². The van der Waals surface area contributed by atoms with Crippen molar-refractivity contribution in [2.75, 3.05) is 6.61 Å². The molecule has 0 atom stereocenters. The van der Waals surface area contributed by atoms with Gasteiger partial charge in [-0.05, 0) is 6.92 Å². The van der Waals surface area contributed by atoms with E-state index >= 15 is 0 Å². The molecule has 0 aromatic heterocycles. The molecular weight excluding hydrogens is 241 g/mol. The summed E-state index contributed by atoms with van der Waals surface area (Å²) in [5, 5.41) is 0. The molecule has 0 aliphatic heterocycles. The van der Waals surface area contributed by atoms with E-state index in [0.717, 1.165) is 0 Å². The van der Waals surface area contributed by atoms with Crippen molar-refractivity contribution in [1.82, 2.24) is 0 Å². The molecule has 0 radical (unpaired) electrons. The average Bonchev–Trinajstić information content (AvgIpc) is 2.01.